The number of rotatable bonds is 5. The molecule has 162 valence electrons. The number of aromatic nitrogens is 6. The molecule has 3 aromatic heterocycles. The number of fused-ring (bicyclic) bond motifs is 1. The number of anilines is 1. The minimum atomic E-state index is -0.448. The van der Waals surface area contributed by atoms with Gasteiger partial charge in [-0.3, -0.25) is 4.57 Å². The fraction of sp³-hybridized carbons (Fsp3) is 0.227. The summed E-state index contributed by atoms with van der Waals surface area (Å²) in [6.45, 7) is 2.65. The predicted molar refractivity (Wildman–Crippen MR) is 118 cm³/mol. The monoisotopic (exact) mass is 431 g/mol. The van der Waals surface area contributed by atoms with E-state index >= 15 is 0 Å². The molecule has 0 spiro atoms. The van der Waals surface area contributed by atoms with Crippen LogP contribution >= 0.6 is 0 Å². The minimum Gasteiger partial charge on any atom is -0.466 e. The summed E-state index contributed by atoms with van der Waals surface area (Å²) in [7, 11) is 1.33. The van der Waals surface area contributed by atoms with E-state index in [-0.39, 0.29) is 0 Å². The number of benzene rings is 1. The van der Waals surface area contributed by atoms with Crippen LogP contribution in [0.5, 0.6) is 0 Å². The molecule has 10 heteroatoms. The average molecular weight is 431 g/mol. The van der Waals surface area contributed by atoms with Gasteiger partial charge in [0, 0.05) is 48.0 Å². The molecule has 0 radical (unpaired) electrons. The van der Waals surface area contributed by atoms with Crippen molar-refractivity contribution in [2.45, 2.75) is 0 Å². The zero-order valence-corrected chi connectivity index (χ0v) is 17.4. The topological polar surface area (TPSA) is 111 Å². The van der Waals surface area contributed by atoms with Gasteiger partial charge in [-0.25, -0.2) is 9.78 Å². The molecule has 1 N–H and O–H groups in total. The summed E-state index contributed by atoms with van der Waals surface area (Å²) in [6, 6.07) is 7.99. The van der Waals surface area contributed by atoms with Crippen LogP contribution in [0, 0.1) is 0 Å². The number of esters is 1. The fourth-order valence-electron chi connectivity index (χ4n) is 3.53. The number of ether oxygens (including phenoxy) is 2. The van der Waals surface area contributed by atoms with Crippen LogP contribution in [-0.4, -0.2) is 68.9 Å². The van der Waals surface area contributed by atoms with E-state index in [0.29, 0.717) is 49.7 Å². The van der Waals surface area contributed by atoms with Gasteiger partial charge in [0.2, 0.25) is 11.9 Å². The van der Waals surface area contributed by atoms with Crippen LogP contribution in [0.15, 0.2) is 49.1 Å². The molecule has 1 fully saturated rings. The van der Waals surface area contributed by atoms with Crippen LogP contribution in [0.25, 0.3) is 34.3 Å². The highest BCUT2D eigenvalue weighted by Gasteiger charge is 2.19. The number of nitrogens with one attached hydrogen (secondary N) is 1. The van der Waals surface area contributed by atoms with E-state index in [1.165, 1.54) is 13.2 Å². The van der Waals surface area contributed by atoms with E-state index < -0.39 is 5.97 Å². The van der Waals surface area contributed by atoms with E-state index in [1.807, 2.05) is 30.5 Å². The van der Waals surface area contributed by atoms with E-state index in [2.05, 4.69) is 19.6 Å². The van der Waals surface area contributed by atoms with Crippen molar-refractivity contribution in [2.75, 3.05) is 38.3 Å². The van der Waals surface area contributed by atoms with Gasteiger partial charge in [0.1, 0.15) is 6.33 Å². The summed E-state index contributed by atoms with van der Waals surface area (Å²) < 4.78 is 11.8. The molecule has 0 amide bonds. The number of hydrogen-bond donors (Lipinski definition) is 1. The lowest BCUT2D eigenvalue weighted by Gasteiger charge is -2.27. The third-order valence-corrected chi connectivity index (χ3v) is 5.17. The van der Waals surface area contributed by atoms with Crippen molar-refractivity contribution < 1.29 is 14.3 Å². The second kappa shape index (κ2) is 8.60. The van der Waals surface area contributed by atoms with Crippen LogP contribution in [-0.2, 0) is 14.3 Å². The summed E-state index contributed by atoms with van der Waals surface area (Å²) in [5, 5.41) is 1.03. The molecule has 0 saturated carbocycles. The van der Waals surface area contributed by atoms with Crippen molar-refractivity contribution >= 4 is 28.9 Å². The minimum absolute atomic E-state index is 0.439. The molecule has 1 saturated heterocycles. The Bertz CT molecular complexity index is 1290. The number of methoxy groups -OCH3 is 1. The summed E-state index contributed by atoms with van der Waals surface area (Å²) >= 11 is 0. The number of hydrogen-bond acceptors (Lipinski definition) is 8. The van der Waals surface area contributed by atoms with Crippen molar-refractivity contribution in [3.63, 3.8) is 0 Å². The van der Waals surface area contributed by atoms with E-state index in [9.17, 15) is 4.79 Å². The van der Waals surface area contributed by atoms with Crippen LogP contribution in [0.2, 0.25) is 0 Å². The molecule has 4 heterocycles. The summed E-state index contributed by atoms with van der Waals surface area (Å²) in [6.07, 6.45) is 8.15. The lowest BCUT2D eigenvalue weighted by Crippen LogP contribution is -2.37. The van der Waals surface area contributed by atoms with Crippen LogP contribution in [0.1, 0.15) is 5.69 Å². The Morgan fingerprint density at radius 3 is 2.84 bits per heavy atom. The van der Waals surface area contributed by atoms with Crippen LogP contribution in [0.4, 0.5) is 5.95 Å². The molecule has 1 aromatic carbocycles. The number of carbonyl (C=O) groups is 1. The van der Waals surface area contributed by atoms with Gasteiger partial charge in [0.05, 0.1) is 26.0 Å². The smallest absolute Gasteiger partial charge is 0.330 e. The maximum atomic E-state index is 11.4. The first-order valence-electron chi connectivity index (χ1n) is 10.2. The van der Waals surface area contributed by atoms with Gasteiger partial charge < -0.3 is 19.4 Å². The quantitative estimate of drug-likeness (QED) is 0.378. The number of imidazole rings is 1. The SMILES string of the molecule is COC(=O)C=Cc1cn(-c2nc(-c3cccc4[nH]ccc34)nc(N3CCOCC3)n2)cn1. The van der Waals surface area contributed by atoms with Crippen molar-refractivity contribution in [2.24, 2.45) is 0 Å². The predicted octanol–water partition coefficient (Wildman–Crippen LogP) is 2.23. The molecule has 32 heavy (non-hydrogen) atoms. The molecule has 10 nitrogen and oxygen atoms in total. The van der Waals surface area contributed by atoms with Gasteiger partial charge in [-0.1, -0.05) is 12.1 Å². The van der Waals surface area contributed by atoms with Gasteiger partial charge in [-0.2, -0.15) is 15.0 Å². The van der Waals surface area contributed by atoms with Gasteiger partial charge in [-0.05, 0) is 18.2 Å². The number of carbonyl (C=O) groups excluding carboxylic acids is 1. The molecular formula is C22H21N7O3. The molecule has 1 aliphatic heterocycles. The molecule has 5 rings (SSSR count). The normalized spacial score (nSPS) is 14.3. The average Bonchev–Trinajstić information content (AvgIpc) is 3.52. The second-order valence-electron chi connectivity index (χ2n) is 7.17. The highest BCUT2D eigenvalue weighted by Crippen LogP contribution is 2.27. The largest absolute Gasteiger partial charge is 0.466 e. The fourth-order valence-corrected chi connectivity index (χ4v) is 3.53. The van der Waals surface area contributed by atoms with Crippen molar-refractivity contribution in [3.8, 4) is 17.3 Å². The van der Waals surface area contributed by atoms with Gasteiger partial charge in [-0.15, -0.1) is 0 Å². The van der Waals surface area contributed by atoms with Crippen LogP contribution < -0.4 is 4.90 Å². The Kier molecular flexibility index (Phi) is 5.34. The van der Waals surface area contributed by atoms with Gasteiger partial charge in [0.15, 0.2) is 5.82 Å². The zero-order valence-electron chi connectivity index (χ0n) is 17.4. The highest BCUT2D eigenvalue weighted by molar-refractivity contribution is 5.93. The van der Waals surface area contributed by atoms with Crippen molar-refractivity contribution in [3.05, 3.63) is 54.8 Å². The van der Waals surface area contributed by atoms with E-state index in [0.717, 1.165) is 16.5 Å². The lowest BCUT2D eigenvalue weighted by molar-refractivity contribution is -0.134. The molecule has 0 aliphatic carbocycles. The maximum absolute atomic E-state index is 11.4. The van der Waals surface area contributed by atoms with Crippen LogP contribution in [0.3, 0.4) is 0 Å². The molecule has 0 bridgehead atoms. The summed E-state index contributed by atoms with van der Waals surface area (Å²) in [5.74, 6) is 1.15. The Balaban J connectivity index is 1.59. The molecule has 4 aromatic rings. The second-order valence-corrected chi connectivity index (χ2v) is 7.17. The van der Waals surface area contributed by atoms with Gasteiger partial charge >= 0.3 is 5.97 Å². The van der Waals surface area contributed by atoms with Crippen molar-refractivity contribution in [1.29, 1.82) is 0 Å². The molecule has 0 atom stereocenters. The third kappa shape index (κ3) is 3.95. The first-order chi connectivity index (χ1) is 15.7. The Hall–Kier alpha value is -4.05. The van der Waals surface area contributed by atoms with Gasteiger partial charge in [0.25, 0.3) is 0 Å². The summed E-state index contributed by atoms with van der Waals surface area (Å²) in [5.41, 5.74) is 2.50. The Morgan fingerprint density at radius 1 is 1.16 bits per heavy atom. The number of nitrogens with zero attached hydrogens (tertiary/aromatic N) is 6. The zero-order chi connectivity index (χ0) is 21.9. The number of morpholine rings is 1. The maximum Gasteiger partial charge on any atom is 0.330 e. The van der Waals surface area contributed by atoms with E-state index in [4.69, 9.17) is 19.7 Å². The highest BCUT2D eigenvalue weighted by atomic mass is 16.5. The first-order valence-corrected chi connectivity index (χ1v) is 10.2. The molecule has 1 aliphatic rings. The van der Waals surface area contributed by atoms with Crippen molar-refractivity contribution in [1.82, 2.24) is 29.5 Å². The number of aromatic amines is 1. The third-order valence-electron chi connectivity index (χ3n) is 5.17. The Labute approximate surface area is 183 Å². The first kappa shape index (κ1) is 19.9. The molecular weight excluding hydrogens is 410 g/mol. The molecule has 0 unspecified atom stereocenters. The van der Waals surface area contributed by atoms with E-state index in [1.54, 1.807) is 23.2 Å². The number of H-pyrrole nitrogens is 1. The standard InChI is InChI=1S/C22H21N7O3/c1-31-19(30)6-5-15-13-29(14-24-15)22-26-20(17-3-2-4-18-16(17)7-8-23-18)25-21(27-22)28-9-11-32-12-10-28/h2-8,13-14,23H,9-12H2,1H3. The Morgan fingerprint density at radius 2 is 2.00 bits per heavy atom. The summed E-state index contributed by atoms with van der Waals surface area (Å²) in [4.78, 5) is 35.2. The lowest BCUT2D eigenvalue weighted by atomic mass is 10.1.